The Balaban J connectivity index is 1.02. The van der Waals surface area contributed by atoms with Gasteiger partial charge in [0.05, 0.1) is 44.1 Å². The molecule has 1 aliphatic carbocycles. The van der Waals surface area contributed by atoms with Crippen LogP contribution in [0.2, 0.25) is 0 Å². The molecule has 16 rings (SSSR count). The van der Waals surface area contributed by atoms with E-state index in [9.17, 15) is 0 Å². The zero-order valence-corrected chi connectivity index (χ0v) is 38.2. The molecule has 1 aliphatic rings. The lowest BCUT2D eigenvalue weighted by molar-refractivity contribution is 0.546. The third-order valence-electron chi connectivity index (χ3n) is 14.9. The summed E-state index contributed by atoms with van der Waals surface area (Å²) in [6.07, 6.45) is 6.38. The highest BCUT2D eigenvalue weighted by Gasteiger charge is 2.26. The van der Waals surface area contributed by atoms with Gasteiger partial charge in [-0.1, -0.05) is 146 Å². The number of aromatic nitrogens is 7. The first kappa shape index (κ1) is 38.4. The molecule has 71 heavy (non-hydrogen) atoms. The molecule has 332 valence electrons. The van der Waals surface area contributed by atoms with Crippen molar-refractivity contribution in [2.45, 2.75) is 12.8 Å². The molecule has 8 heteroatoms. The summed E-state index contributed by atoms with van der Waals surface area (Å²) in [6.45, 7) is 0. The minimum Gasteiger partial charge on any atom is -0.460 e. The Bertz CT molecular complexity index is 4760. The Morgan fingerprint density at radius 1 is 0.380 bits per heavy atom. The Morgan fingerprint density at radius 2 is 0.915 bits per heavy atom. The maximum absolute atomic E-state index is 6.39. The van der Waals surface area contributed by atoms with Crippen LogP contribution in [0.25, 0.3) is 139 Å². The molecule has 0 unspecified atom stereocenters. The van der Waals surface area contributed by atoms with Gasteiger partial charge in [-0.2, -0.15) is 15.0 Å². The van der Waals surface area contributed by atoms with Gasteiger partial charge >= 0.3 is 0 Å². The molecule has 0 fully saturated rings. The number of benzene rings is 9. The quantitative estimate of drug-likeness (QED) is 0.172. The van der Waals surface area contributed by atoms with Crippen molar-refractivity contribution in [3.8, 4) is 34.7 Å². The van der Waals surface area contributed by atoms with Crippen LogP contribution in [0.5, 0.6) is 0 Å². The fourth-order valence-corrected chi connectivity index (χ4v) is 11.9. The number of allylic oxidation sites excluding steroid dienone is 1. The van der Waals surface area contributed by atoms with Gasteiger partial charge in [-0.15, -0.1) is 0 Å². The van der Waals surface area contributed by atoms with Crippen LogP contribution in [0.4, 0.5) is 0 Å². The molecular weight excluding hydrogens is 871 g/mol. The maximum Gasteiger partial charge on any atom is 0.240 e. The van der Waals surface area contributed by atoms with Gasteiger partial charge in [-0.25, -0.2) is 0 Å². The summed E-state index contributed by atoms with van der Waals surface area (Å²) in [5, 5.41) is 10.3. The van der Waals surface area contributed by atoms with Crippen molar-refractivity contribution in [2.75, 3.05) is 0 Å². The molecule has 0 spiro atoms. The van der Waals surface area contributed by atoms with E-state index in [2.05, 4.69) is 212 Å². The van der Waals surface area contributed by atoms with Gasteiger partial charge in [0, 0.05) is 77.4 Å². The molecule has 8 nitrogen and oxygen atoms in total. The molecular formula is C63H39N7O. The summed E-state index contributed by atoms with van der Waals surface area (Å²) in [4.78, 5) is 16.5. The van der Waals surface area contributed by atoms with Crippen LogP contribution >= 0.6 is 0 Å². The van der Waals surface area contributed by atoms with Crippen molar-refractivity contribution in [2.24, 2.45) is 0 Å². The maximum atomic E-state index is 6.39. The van der Waals surface area contributed by atoms with Gasteiger partial charge in [0.15, 0.2) is 5.82 Å². The average Bonchev–Trinajstić information content (AvgIpc) is 4.24. The number of fused-ring (bicyclic) bond motifs is 17. The lowest BCUT2D eigenvalue weighted by Gasteiger charge is -2.13. The molecule has 9 aromatic carbocycles. The minimum absolute atomic E-state index is 0.535. The number of nitrogens with zero attached hydrogens (tertiary/aromatic N) is 7. The molecule has 15 aromatic rings. The largest absolute Gasteiger partial charge is 0.460 e. The van der Waals surface area contributed by atoms with E-state index in [4.69, 9.17) is 19.4 Å². The van der Waals surface area contributed by atoms with Crippen LogP contribution in [0.3, 0.4) is 0 Å². The standard InChI is InChI=1S/C63H39N7O/c1-3-17-38(18-4-1)61-64-62(69-52-29-15-10-25-47(52)58-54(69)35-33-44-41-21-7-12-26-49(41)68(59(44)58)39-19-5-2-6-20-39)66-63(65-61)70-50-27-13-8-22-42(50)45-32-34-53-57(60(45)70)46-24-9-14-28-51(46)67(53)40-31-36-56-48(37-40)43-23-11-16-30-55(43)71-56/h1-15,17-29,31-37H,16,30H2. The van der Waals surface area contributed by atoms with Crippen molar-refractivity contribution in [3.05, 3.63) is 218 Å². The lowest BCUT2D eigenvalue weighted by atomic mass is 10.0. The molecule has 0 aliphatic heterocycles. The molecule has 0 amide bonds. The summed E-state index contributed by atoms with van der Waals surface area (Å²) in [6, 6.07) is 71.4. The SMILES string of the molecule is C1=Cc2c(oc3ccc(-n4c5ccccc5c5c4ccc4c6ccccc6n(-c6nc(-c7ccccc7)nc(-n7c8ccccc8c8c7ccc7c9ccccc9n(-c9ccccc9)c78)n6)c45)cc23)CC1. The topological polar surface area (TPSA) is 71.5 Å². The van der Waals surface area contributed by atoms with E-state index in [0.717, 1.165) is 123 Å². The second kappa shape index (κ2) is 14.5. The summed E-state index contributed by atoms with van der Waals surface area (Å²) < 4.78 is 15.7. The predicted octanol–water partition coefficient (Wildman–Crippen LogP) is 15.6. The molecule has 6 aromatic heterocycles. The van der Waals surface area contributed by atoms with Crippen LogP contribution in [0, 0.1) is 0 Å². The van der Waals surface area contributed by atoms with Crippen LogP contribution in [0.1, 0.15) is 17.7 Å². The van der Waals surface area contributed by atoms with E-state index in [-0.39, 0.29) is 0 Å². The molecule has 0 N–H and O–H groups in total. The Labute approximate surface area is 405 Å². The van der Waals surface area contributed by atoms with Gasteiger partial charge in [0.1, 0.15) is 11.3 Å². The third kappa shape index (κ3) is 5.36. The Hall–Kier alpha value is -9.53. The molecule has 6 heterocycles. The third-order valence-corrected chi connectivity index (χ3v) is 14.9. The molecule has 0 atom stereocenters. The van der Waals surface area contributed by atoms with Crippen LogP contribution in [-0.2, 0) is 6.42 Å². The smallest absolute Gasteiger partial charge is 0.240 e. The van der Waals surface area contributed by atoms with Crippen molar-refractivity contribution < 1.29 is 4.42 Å². The van der Waals surface area contributed by atoms with Crippen molar-refractivity contribution in [3.63, 3.8) is 0 Å². The highest BCUT2D eigenvalue weighted by atomic mass is 16.3. The number of rotatable bonds is 5. The first-order chi connectivity index (χ1) is 35.2. The predicted molar refractivity (Wildman–Crippen MR) is 290 cm³/mol. The normalized spacial score (nSPS) is 12.9. The number of aryl methyl sites for hydroxylation is 1. The fourth-order valence-electron chi connectivity index (χ4n) is 11.9. The Morgan fingerprint density at radius 3 is 1.59 bits per heavy atom. The number of hydrogen-bond acceptors (Lipinski definition) is 4. The Kier molecular flexibility index (Phi) is 7.85. The highest BCUT2D eigenvalue weighted by Crippen LogP contribution is 2.45. The second-order valence-corrected chi connectivity index (χ2v) is 18.6. The van der Waals surface area contributed by atoms with E-state index in [1.807, 2.05) is 18.2 Å². The zero-order valence-electron chi connectivity index (χ0n) is 38.2. The lowest BCUT2D eigenvalue weighted by Crippen LogP contribution is -2.10. The zero-order chi connectivity index (χ0) is 46.3. The monoisotopic (exact) mass is 909 g/mol. The molecule has 0 radical (unpaired) electrons. The minimum atomic E-state index is 0.535. The van der Waals surface area contributed by atoms with Crippen molar-refractivity contribution >= 4 is 104 Å². The number of para-hydroxylation sites is 5. The summed E-state index contributed by atoms with van der Waals surface area (Å²) in [7, 11) is 0. The van der Waals surface area contributed by atoms with Gasteiger partial charge in [0.25, 0.3) is 0 Å². The van der Waals surface area contributed by atoms with E-state index in [0.29, 0.717) is 17.7 Å². The average molecular weight is 910 g/mol. The fraction of sp³-hybridized carbons (Fsp3) is 0.0317. The summed E-state index contributed by atoms with van der Waals surface area (Å²) in [5.41, 5.74) is 13.8. The highest BCUT2D eigenvalue weighted by molar-refractivity contribution is 6.27. The van der Waals surface area contributed by atoms with Gasteiger partial charge in [-0.05, 0) is 73.2 Å². The first-order valence-corrected chi connectivity index (χ1v) is 24.3. The van der Waals surface area contributed by atoms with E-state index >= 15 is 0 Å². The second-order valence-electron chi connectivity index (χ2n) is 18.6. The van der Waals surface area contributed by atoms with Crippen LogP contribution in [-0.4, -0.2) is 33.2 Å². The molecule has 0 saturated carbocycles. The van der Waals surface area contributed by atoms with Crippen LogP contribution in [0.15, 0.2) is 211 Å². The van der Waals surface area contributed by atoms with E-state index in [1.54, 1.807) is 0 Å². The van der Waals surface area contributed by atoms with Crippen molar-refractivity contribution in [1.82, 2.24) is 33.2 Å². The van der Waals surface area contributed by atoms with Gasteiger partial charge in [-0.3, -0.25) is 9.13 Å². The molecule has 0 bridgehead atoms. The van der Waals surface area contributed by atoms with Crippen LogP contribution < -0.4 is 0 Å². The van der Waals surface area contributed by atoms with Gasteiger partial charge < -0.3 is 13.6 Å². The summed E-state index contributed by atoms with van der Waals surface area (Å²) >= 11 is 0. The van der Waals surface area contributed by atoms with Crippen molar-refractivity contribution in [1.29, 1.82) is 0 Å². The summed E-state index contributed by atoms with van der Waals surface area (Å²) in [5.74, 6) is 2.72. The van der Waals surface area contributed by atoms with Gasteiger partial charge in [0.2, 0.25) is 11.9 Å². The number of hydrogen-bond donors (Lipinski definition) is 0. The first-order valence-electron chi connectivity index (χ1n) is 24.3. The molecule has 0 saturated heterocycles. The van der Waals surface area contributed by atoms with E-state index in [1.165, 1.54) is 16.3 Å². The van der Waals surface area contributed by atoms with E-state index < -0.39 is 0 Å². The number of furan rings is 1.